The van der Waals surface area contributed by atoms with Crippen LogP contribution in [-0.2, 0) is 0 Å². The first-order valence-electron chi connectivity index (χ1n) is 5.03. The van der Waals surface area contributed by atoms with Gasteiger partial charge in [-0.2, -0.15) is 10.2 Å². The molecule has 0 fully saturated rings. The Balaban J connectivity index is 2.72. The molecule has 4 heteroatoms. The molecule has 0 unspecified atom stereocenters. The Hall–Kier alpha value is -2.10. The molecule has 0 aliphatic carbocycles. The van der Waals surface area contributed by atoms with E-state index in [1.165, 1.54) is 0 Å². The van der Waals surface area contributed by atoms with Gasteiger partial charge in [0.15, 0.2) is 0 Å². The highest BCUT2D eigenvalue weighted by Gasteiger charge is 1.89. The fourth-order valence-electron chi connectivity index (χ4n) is 1.01. The Bertz CT molecular complexity index is 402. The summed E-state index contributed by atoms with van der Waals surface area (Å²) in [5.74, 6) is 0. The highest BCUT2D eigenvalue weighted by atomic mass is 15.1. The molecule has 0 atom stereocenters. The minimum atomic E-state index is 0.722. The van der Waals surface area contributed by atoms with E-state index in [-0.39, 0.29) is 0 Å². The van der Waals surface area contributed by atoms with Gasteiger partial charge in [-0.1, -0.05) is 6.08 Å². The molecule has 1 aromatic rings. The van der Waals surface area contributed by atoms with Gasteiger partial charge in [-0.05, 0) is 43.5 Å². The fourth-order valence-corrected chi connectivity index (χ4v) is 1.01. The molecular weight excluding hydrogens is 200 g/mol. The lowest BCUT2D eigenvalue weighted by Gasteiger charge is -1.94. The third-order valence-corrected chi connectivity index (χ3v) is 1.89. The Morgan fingerprint density at radius 1 is 1.31 bits per heavy atom. The molecule has 0 heterocycles. The van der Waals surface area contributed by atoms with Crippen LogP contribution in [0.2, 0.25) is 0 Å². The summed E-state index contributed by atoms with van der Waals surface area (Å²) < 4.78 is 0. The van der Waals surface area contributed by atoms with Crippen molar-refractivity contribution < 1.29 is 0 Å². The molecule has 0 bridgehead atoms. The number of anilines is 1. The Morgan fingerprint density at radius 2 is 2.00 bits per heavy atom. The summed E-state index contributed by atoms with van der Waals surface area (Å²) in [5, 5.41) is 11.1. The maximum Gasteiger partial charge on any atom is 0.0858 e. The molecule has 0 aliphatic rings. The zero-order valence-corrected chi connectivity index (χ0v) is 9.51. The molecule has 84 valence electrons. The summed E-state index contributed by atoms with van der Waals surface area (Å²) in [5.41, 5.74) is 7.88. The summed E-state index contributed by atoms with van der Waals surface area (Å²) in [6.07, 6.45) is 5.53. The minimum Gasteiger partial charge on any atom is -0.399 e. The second-order valence-electron chi connectivity index (χ2n) is 3.13. The van der Waals surface area contributed by atoms with E-state index in [0.717, 1.165) is 17.1 Å². The van der Waals surface area contributed by atoms with E-state index >= 15 is 0 Å². The topological polar surface area (TPSA) is 62.8 Å². The fraction of sp³-hybridized carbons (Fsp3) is 0.167. The largest absolute Gasteiger partial charge is 0.399 e. The van der Waals surface area contributed by atoms with E-state index < -0.39 is 0 Å². The molecule has 0 saturated carbocycles. The van der Waals surface area contributed by atoms with Gasteiger partial charge in [0.05, 0.1) is 11.4 Å². The molecule has 0 amide bonds. The van der Waals surface area contributed by atoms with Crippen LogP contribution in [0.1, 0.15) is 6.92 Å². The van der Waals surface area contributed by atoms with Crippen molar-refractivity contribution in [3.05, 3.63) is 48.3 Å². The van der Waals surface area contributed by atoms with Crippen molar-refractivity contribution in [3.63, 3.8) is 0 Å². The average Bonchev–Trinajstić information content (AvgIpc) is 2.32. The molecule has 0 saturated heterocycles. The molecule has 0 radical (unpaired) electrons. The number of rotatable bonds is 4. The van der Waals surface area contributed by atoms with Crippen LogP contribution in [0, 0.1) is 0 Å². The number of nitrogens with two attached hydrogens (primary N) is 1. The van der Waals surface area contributed by atoms with Crippen molar-refractivity contribution >= 4 is 11.4 Å². The molecule has 1 aromatic carbocycles. The molecule has 0 aromatic heterocycles. The number of benzene rings is 1. The van der Waals surface area contributed by atoms with Gasteiger partial charge in [0.1, 0.15) is 0 Å². The van der Waals surface area contributed by atoms with Crippen LogP contribution < -0.4 is 11.1 Å². The van der Waals surface area contributed by atoms with Gasteiger partial charge < -0.3 is 11.1 Å². The quantitative estimate of drug-likeness (QED) is 0.461. The van der Waals surface area contributed by atoms with E-state index in [9.17, 15) is 0 Å². The number of azo groups is 1. The third-order valence-electron chi connectivity index (χ3n) is 1.89. The third kappa shape index (κ3) is 3.96. The minimum absolute atomic E-state index is 0.722. The van der Waals surface area contributed by atoms with Crippen LogP contribution >= 0.6 is 0 Å². The lowest BCUT2D eigenvalue weighted by Crippen LogP contribution is -1.90. The van der Waals surface area contributed by atoms with E-state index in [4.69, 9.17) is 5.73 Å². The number of hydrogen-bond acceptors (Lipinski definition) is 4. The highest BCUT2D eigenvalue weighted by Crippen LogP contribution is 2.15. The van der Waals surface area contributed by atoms with Crippen LogP contribution in [0.3, 0.4) is 0 Å². The van der Waals surface area contributed by atoms with Crippen LogP contribution in [0.5, 0.6) is 0 Å². The van der Waals surface area contributed by atoms with Crippen molar-refractivity contribution in [2.75, 3.05) is 12.8 Å². The summed E-state index contributed by atoms with van der Waals surface area (Å²) >= 11 is 0. The second-order valence-corrected chi connectivity index (χ2v) is 3.13. The molecule has 1 rings (SSSR count). The van der Waals surface area contributed by atoms with E-state index in [0.29, 0.717) is 0 Å². The molecule has 16 heavy (non-hydrogen) atoms. The maximum absolute atomic E-state index is 5.57. The first-order valence-corrected chi connectivity index (χ1v) is 5.03. The van der Waals surface area contributed by atoms with Crippen LogP contribution in [-0.4, -0.2) is 7.05 Å². The van der Waals surface area contributed by atoms with Crippen molar-refractivity contribution in [3.8, 4) is 0 Å². The van der Waals surface area contributed by atoms with E-state index in [2.05, 4.69) is 15.5 Å². The molecular formula is C12H16N4. The van der Waals surface area contributed by atoms with Crippen LogP contribution in [0.15, 0.2) is 58.5 Å². The van der Waals surface area contributed by atoms with Gasteiger partial charge in [-0.25, -0.2) is 0 Å². The molecule has 0 aliphatic heterocycles. The molecule has 3 N–H and O–H groups in total. The number of nitrogens with one attached hydrogen (secondary N) is 1. The SMILES string of the molecule is C/C=C(\C=C/NC)/N=N/c1ccc(N)cc1. The van der Waals surface area contributed by atoms with Gasteiger partial charge in [0.2, 0.25) is 0 Å². The van der Waals surface area contributed by atoms with E-state index in [1.54, 1.807) is 18.3 Å². The Morgan fingerprint density at radius 3 is 2.56 bits per heavy atom. The van der Waals surface area contributed by atoms with Gasteiger partial charge in [0, 0.05) is 12.7 Å². The van der Waals surface area contributed by atoms with E-state index in [1.807, 2.05) is 38.3 Å². The number of allylic oxidation sites excluding steroid dienone is 2. The molecule has 0 spiro atoms. The summed E-state index contributed by atoms with van der Waals surface area (Å²) in [6.45, 7) is 1.91. The normalized spacial score (nSPS) is 12.5. The van der Waals surface area contributed by atoms with Crippen LogP contribution in [0.25, 0.3) is 0 Å². The number of nitrogen functional groups attached to an aromatic ring is 1. The molecule has 4 nitrogen and oxygen atoms in total. The van der Waals surface area contributed by atoms with Crippen molar-refractivity contribution in [2.45, 2.75) is 6.92 Å². The van der Waals surface area contributed by atoms with Gasteiger partial charge in [-0.3, -0.25) is 0 Å². The van der Waals surface area contributed by atoms with Gasteiger partial charge >= 0.3 is 0 Å². The Labute approximate surface area is 95.6 Å². The second kappa shape index (κ2) is 6.40. The first kappa shape index (κ1) is 12.0. The van der Waals surface area contributed by atoms with Crippen molar-refractivity contribution in [1.82, 2.24) is 5.32 Å². The summed E-state index contributed by atoms with van der Waals surface area (Å²) in [4.78, 5) is 0. The lowest BCUT2D eigenvalue weighted by atomic mass is 10.3. The predicted molar refractivity (Wildman–Crippen MR) is 67.3 cm³/mol. The zero-order chi connectivity index (χ0) is 11.8. The average molecular weight is 216 g/mol. The smallest absolute Gasteiger partial charge is 0.0858 e. The van der Waals surface area contributed by atoms with Gasteiger partial charge in [0.25, 0.3) is 0 Å². The standard InChI is InChI=1S/C12H16N4/c1-3-11(8-9-14-2)15-16-12-6-4-10(13)5-7-12/h3-9,14H,13H2,1-2H3/b9-8-,11-3+,16-15+. The summed E-state index contributed by atoms with van der Waals surface area (Å²) in [6, 6.07) is 7.25. The highest BCUT2D eigenvalue weighted by molar-refractivity contribution is 5.47. The van der Waals surface area contributed by atoms with Crippen molar-refractivity contribution in [1.29, 1.82) is 0 Å². The maximum atomic E-state index is 5.57. The first-order chi connectivity index (χ1) is 7.76. The zero-order valence-electron chi connectivity index (χ0n) is 9.51. The van der Waals surface area contributed by atoms with Crippen LogP contribution in [0.4, 0.5) is 11.4 Å². The van der Waals surface area contributed by atoms with Crippen molar-refractivity contribution in [2.24, 2.45) is 10.2 Å². The summed E-state index contributed by atoms with van der Waals surface area (Å²) in [7, 11) is 1.83. The monoisotopic (exact) mass is 216 g/mol. The number of nitrogens with zero attached hydrogens (tertiary/aromatic N) is 2. The Kier molecular flexibility index (Phi) is 4.79. The van der Waals surface area contributed by atoms with Gasteiger partial charge in [-0.15, -0.1) is 0 Å². The lowest BCUT2D eigenvalue weighted by molar-refractivity contribution is 1.08. The predicted octanol–water partition coefficient (Wildman–Crippen LogP) is 2.99. The number of hydrogen-bond donors (Lipinski definition) is 2.